The van der Waals surface area contributed by atoms with E-state index < -0.39 is 18.0 Å². The fraction of sp³-hybridized carbons (Fsp3) is 0.800. The largest absolute Gasteiger partial charge is 0.481 e. The van der Waals surface area contributed by atoms with Crippen LogP contribution in [0.15, 0.2) is 12.2 Å². The zero-order valence-corrected chi connectivity index (χ0v) is 15.7. The summed E-state index contributed by atoms with van der Waals surface area (Å²) >= 11 is 0. The molecule has 0 spiro atoms. The van der Waals surface area contributed by atoms with Gasteiger partial charge in [-0.3, -0.25) is 9.59 Å². The van der Waals surface area contributed by atoms with E-state index in [1.807, 2.05) is 0 Å². The first-order chi connectivity index (χ1) is 12.0. The molecule has 0 aromatic carbocycles. The average Bonchev–Trinajstić information content (AvgIpc) is 2.85. The summed E-state index contributed by atoms with van der Waals surface area (Å²) in [5, 5.41) is 19.4. The molecule has 0 aromatic heterocycles. The highest BCUT2D eigenvalue weighted by Crippen LogP contribution is 2.38. The highest BCUT2D eigenvalue weighted by Gasteiger charge is 2.42. The van der Waals surface area contributed by atoms with Gasteiger partial charge in [-0.05, 0) is 18.9 Å². The van der Waals surface area contributed by atoms with Crippen molar-refractivity contribution in [3.63, 3.8) is 0 Å². The van der Waals surface area contributed by atoms with E-state index in [1.54, 1.807) is 12.2 Å². The molecular weight excluding hydrogens is 320 g/mol. The Morgan fingerprint density at radius 1 is 1.12 bits per heavy atom. The van der Waals surface area contributed by atoms with Gasteiger partial charge in [-0.2, -0.15) is 0 Å². The van der Waals surface area contributed by atoms with Gasteiger partial charge in [0, 0.05) is 31.3 Å². The predicted molar refractivity (Wildman–Crippen MR) is 97.4 cm³/mol. The lowest BCUT2D eigenvalue weighted by Crippen LogP contribution is -2.25. The van der Waals surface area contributed by atoms with Crippen molar-refractivity contribution in [2.24, 2.45) is 11.8 Å². The number of carboxylic acid groups (broad SMARTS) is 1. The van der Waals surface area contributed by atoms with Gasteiger partial charge >= 0.3 is 5.97 Å². The lowest BCUT2D eigenvalue weighted by atomic mass is 9.90. The molecule has 0 amide bonds. The molecule has 144 valence electrons. The molecule has 1 saturated carbocycles. The van der Waals surface area contributed by atoms with E-state index >= 15 is 0 Å². The van der Waals surface area contributed by atoms with Crippen LogP contribution in [0.2, 0.25) is 0 Å². The summed E-state index contributed by atoms with van der Waals surface area (Å²) in [7, 11) is 0. The number of carbonyl (C=O) groups excluding carboxylic acids is 1. The van der Waals surface area contributed by atoms with Gasteiger partial charge in [-0.25, -0.2) is 0 Å². The molecule has 2 N–H and O–H groups in total. The zero-order valence-electron chi connectivity index (χ0n) is 15.7. The van der Waals surface area contributed by atoms with Crippen LogP contribution in [0.25, 0.3) is 0 Å². The van der Waals surface area contributed by atoms with Gasteiger partial charge in [0.15, 0.2) is 5.78 Å². The van der Waals surface area contributed by atoms with E-state index in [9.17, 15) is 14.7 Å². The fourth-order valence-corrected chi connectivity index (χ4v) is 3.46. The van der Waals surface area contributed by atoms with E-state index in [0.29, 0.717) is 19.4 Å². The molecule has 0 saturated heterocycles. The third-order valence-electron chi connectivity index (χ3n) is 4.91. The van der Waals surface area contributed by atoms with Crippen molar-refractivity contribution in [3.8, 4) is 0 Å². The van der Waals surface area contributed by atoms with Crippen LogP contribution in [0.4, 0.5) is 0 Å². The minimum Gasteiger partial charge on any atom is -0.481 e. The fourth-order valence-electron chi connectivity index (χ4n) is 3.46. The summed E-state index contributed by atoms with van der Waals surface area (Å²) < 4.78 is 5.92. The minimum absolute atomic E-state index is 0.0636. The van der Waals surface area contributed by atoms with Gasteiger partial charge in [0.1, 0.15) is 0 Å². The molecule has 0 bridgehead atoms. The number of rotatable bonds is 13. The van der Waals surface area contributed by atoms with Crippen molar-refractivity contribution in [1.82, 2.24) is 0 Å². The van der Waals surface area contributed by atoms with Crippen molar-refractivity contribution in [2.45, 2.75) is 83.8 Å². The van der Waals surface area contributed by atoms with Crippen molar-refractivity contribution in [3.05, 3.63) is 12.2 Å². The van der Waals surface area contributed by atoms with Gasteiger partial charge in [0.05, 0.1) is 18.6 Å². The molecule has 0 radical (unpaired) electrons. The number of hydrogen-bond acceptors (Lipinski definition) is 4. The molecular formula is C20H34O5. The standard InChI is InChI=1S/C20H34O5/c1-3-5-7-9-15(21)10-11-16-17(13-20(23)24)18(22)14-19(16)25-12-8-6-4-2/h10-11,16-19,22H,3-9,12-14H2,1-2H3,(H,23,24)/b11-10+. The maximum Gasteiger partial charge on any atom is 0.303 e. The Hall–Kier alpha value is -1.20. The molecule has 1 aliphatic carbocycles. The second kappa shape index (κ2) is 12.2. The van der Waals surface area contributed by atoms with Crippen molar-refractivity contribution in [1.29, 1.82) is 0 Å². The summed E-state index contributed by atoms with van der Waals surface area (Å²) in [5.41, 5.74) is 0. The highest BCUT2D eigenvalue weighted by molar-refractivity contribution is 5.89. The van der Waals surface area contributed by atoms with E-state index in [-0.39, 0.29) is 24.2 Å². The lowest BCUT2D eigenvalue weighted by molar-refractivity contribution is -0.139. The lowest BCUT2D eigenvalue weighted by Gasteiger charge is -2.21. The summed E-state index contributed by atoms with van der Waals surface area (Å²) in [6.07, 6.45) is 9.42. The SMILES string of the molecule is CCCCCOC1CC(O)C(CC(=O)O)C1/C=C/C(=O)CCCCC. The highest BCUT2D eigenvalue weighted by atomic mass is 16.5. The van der Waals surface area contributed by atoms with Gasteiger partial charge in [0.2, 0.25) is 0 Å². The Morgan fingerprint density at radius 3 is 2.44 bits per heavy atom. The molecule has 0 heterocycles. The van der Waals surface area contributed by atoms with Crippen molar-refractivity contribution >= 4 is 11.8 Å². The van der Waals surface area contributed by atoms with Gasteiger partial charge in [-0.15, -0.1) is 0 Å². The number of carboxylic acids is 1. The first kappa shape index (κ1) is 21.8. The van der Waals surface area contributed by atoms with Gasteiger partial charge in [0.25, 0.3) is 0 Å². The first-order valence-corrected chi connectivity index (χ1v) is 9.72. The normalized spacial score (nSPS) is 26.4. The first-order valence-electron chi connectivity index (χ1n) is 9.72. The number of aliphatic hydroxyl groups excluding tert-OH is 1. The molecule has 1 fully saturated rings. The van der Waals surface area contributed by atoms with Crippen LogP contribution in [-0.4, -0.2) is 40.8 Å². The second-order valence-electron chi connectivity index (χ2n) is 7.04. The van der Waals surface area contributed by atoms with Gasteiger partial charge in [-0.1, -0.05) is 45.6 Å². The third-order valence-corrected chi connectivity index (χ3v) is 4.91. The average molecular weight is 354 g/mol. The Labute approximate surface area is 151 Å². The van der Waals surface area contributed by atoms with Crippen LogP contribution >= 0.6 is 0 Å². The Balaban J connectivity index is 2.68. The molecule has 0 aromatic rings. The number of allylic oxidation sites excluding steroid dienone is 1. The van der Waals surface area contributed by atoms with Crippen LogP contribution in [0.1, 0.15) is 71.6 Å². The summed E-state index contributed by atoms with van der Waals surface area (Å²) in [6.45, 7) is 4.83. The van der Waals surface area contributed by atoms with Gasteiger partial charge < -0.3 is 14.9 Å². The predicted octanol–water partition coefficient (Wildman–Crippen LogP) is 3.74. The number of unbranched alkanes of at least 4 members (excludes halogenated alkanes) is 4. The van der Waals surface area contributed by atoms with Crippen LogP contribution in [0.3, 0.4) is 0 Å². The van der Waals surface area contributed by atoms with Crippen molar-refractivity contribution in [2.75, 3.05) is 6.61 Å². The van der Waals surface area contributed by atoms with E-state index in [0.717, 1.165) is 38.5 Å². The number of aliphatic hydroxyl groups is 1. The third kappa shape index (κ3) is 8.15. The summed E-state index contributed by atoms with van der Waals surface area (Å²) in [4.78, 5) is 23.1. The quantitative estimate of drug-likeness (QED) is 0.389. The number of ether oxygens (including phenoxy) is 1. The Bertz CT molecular complexity index is 432. The van der Waals surface area contributed by atoms with Crippen LogP contribution in [0, 0.1) is 11.8 Å². The smallest absolute Gasteiger partial charge is 0.303 e. The van der Waals surface area contributed by atoms with E-state index in [1.165, 1.54) is 0 Å². The second-order valence-corrected chi connectivity index (χ2v) is 7.04. The Morgan fingerprint density at radius 2 is 1.80 bits per heavy atom. The minimum atomic E-state index is -0.927. The maximum absolute atomic E-state index is 12.0. The van der Waals surface area contributed by atoms with E-state index in [2.05, 4.69) is 13.8 Å². The molecule has 1 rings (SSSR count). The zero-order chi connectivity index (χ0) is 18.7. The van der Waals surface area contributed by atoms with Crippen molar-refractivity contribution < 1.29 is 24.5 Å². The maximum atomic E-state index is 12.0. The topological polar surface area (TPSA) is 83.8 Å². The number of hydrogen-bond donors (Lipinski definition) is 2. The van der Waals surface area contributed by atoms with Crippen LogP contribution in [0.5, 0.6) is 0 Å². The van der Waals surface area contributed by atoms with E-state index in [4.69, 9.17) is 9.84 Å². The molecule has 5 heteroatoms. The summed E-state index contributed by atoms with van der Waals surface area (Å²) in [6, 6.07) is 0. The summed E-state index contributed by atoms with van der Waals surface area (Å²) in [5.74, 6) is -1.48. The molecule has 0 aliphatic heterocycles. The Kier molecular flexibility index (Phi) is 10.7. The van der Waals surface area contributed by atoms with Crippen LogP contribution < -0.4 is 0 Å². The molecule has 25 heavy (non-hydrogen) atoms. The molecule has 4 unspecified atom stereocenters. The number of ketones is 1. The number of carbonyl (C=O) groups is 2. The molecule has 1 aliphatic rings. The molecule has 5 nitrogen and oxygen atoms in total. The van der Waals surface area contributed by atoms with Crippen LogP contribution in [-0.2, 0) is 14.3 Å². The monoisotopic (exact) mass is 354 g/mol. The molecule has 4 atom stereocenters. The number of aliphatic carboxylic acids is 1.